The van der Waals surface area contributed by atoms with Crippen molar-refractivity contribution in [2.45, 2.75) is 38.3 Å². The molecule has 3 aromatic rings. The van der Waals surface area contributed by atoms with Gasteiger partial charge in [-0.2, -0.15) is 10.5 Å². The van der Waals surface area contributed by atoms with Crippen molar-refractivity contribution in [1.82, 2.24) is 9.47 Å². The maximum absolute atomic E-state index is 13.4. The quantitative estimate of drug-likeness (QED) is 0.613. The second kappa shape index (κ2) is 8.88. The number of halogens is 1. The lowest BCUT2D eigenvalue weighted by Gasteiger charge is -2.34. The van der Waals surface area contributed by atoms with E-state index in [1.165, 1.54) is 12.1 Å². The number of piperidine rings is 1. The van der Waals surface area contributed by atoms with Crippen LogP contribution in [0, 0.1) is 33.9 Å². The number of carbonyl (C=O) groups is 1. The Morgan fingerprint density at radius 2 is 1.77 bits per heavy atom. The molecule has 1 aliphatic carbocycles. The molecule has 2 aliphatic rings. The molecule has 1 aliphatic heterocycles. The van der Waals surface area contributed by atoms with Gasteiger partial charge in [-0.1, -0.05) is 30.3 Å². The SMILES string of the molecule is N#Cc1c(NC2CCN(C(=O)C3(C#N)CC3)CC2)c2ccccc2n(Cc2ccc(F)cc2)c1=O. The number of rotatable bonds is 5. The van der Waals surface area contributed by atoms with Crippen LogP contribution in [-0.2, 0) is 11.3 Å². The van der Waals surface area contributed by atoms with Gasteiger partial charge < -0.3 is 14.8 Å². The van der Waals surface area contributed by atoms with E-state index in [-0.39, 0.29) is 29.9 Å². The number of hydrogen-bond donors (Lipinski definition) is 1. The molecule has 0 radical (unpaired) electrons. The minimum absolute atomic E-state index is 0.0147. The number of pyridine rings is 1. The van der Waals surface area contributed by atoms with Gasteiger partial charge in [-0.05, 0) is 49.4 Å². The molecule has 0 bridgehead atoms. The Hall–Kier alpha value is -4.17. The first-order valence-electron chi connectivity index (χ1n) is 11.7. The van der Waals surface area contributed by atoms with E-state index in [0.29, 0.717) is 50.0 Å². The van der Waals surface area contributed by atoms with E-state index >= 15 is 0 Å². The minimum atomic E-state index is -0.820. The zero-order valence-corrected chi connectivity index (χ0v) is 19.1. The average Bonchev–Trinajstić information content (AvgIpc) is 3.69. The normalized spacial score (nSPS) is 16.9. The topological polar surface area (TPSA) is 102 Å². The number of aromatic nitrogens is 1. The maximum atomic E-state index is 13.4. The van der Waals surface area contributed by atoms with E-state index in [1.807, 2.05) is 24.3 Å². The Kier molecular flexibility index (Phi) is 5.74. The summed E-state index contributed by atoms with van der Waals surface area (Å²) in [6.07, 6.45) is 2.58. The van der Waals surface area contributed by atoms with E-state index in [4.69, 9.17) is 0 Å². The number of hydrogen-bond acceptors (Lipinski definition) is 5. The summed E-state index contributed by atoms with van der Waals surface area (Å²) in [5.41, 5.74) is 0.746. The number of para-hydroxylation sites is 1. The van der Waals surface area contributed by atoms with Crippen molar-refractivity contribution < 1.29 is 9.18 Å². The Balaban J connectivity index is 1.43. The summed E-state index contributed by atoms with van der Waals surface area (Å²) in [6, 6.07) is 17.6. The standard InChI is InChI=1S/C27H24FN5O2/c28-19-7-5-18(6-8-19)16-33-23-4-2-1-3-21(23)24(22(15-29)25(33)34)31-20-9-13-32(14-10-20)26(35)27(17-30)11-12-27/h1-8,20,31H,9-14,16H2. The Labute approximate surface area is 202 Å². The zero-order chi connectivity index (χ0) is 24.6. The third-order valence-electron chi connectivity index (χ3n) is 7.04. The number of fused-ring (bicyclic) bond motifs is 1. The lowest BCUT2D eigenvalue weighted by molar-refractivity contribution is -0.135. The smallest absolute Gasteiger partial charge is 0.271 e. The van der Waals surface area contributed by atoms with Gasteiger partial charge in [0.25, 0.3) is 5.56 Å². The van der Waals surface area contributed by atoms with Crippen molar-refractivity contribution in [3.63, 3.8) is 0 Å². The van der Waals surface area contributed by atoms with Gasteiger partial charge in [0.15, 0.2) is 0 Å². The summed E-state index contributed by atoms with van der Waals surface area (Å²) in [5, 5.41) is 23.4. The van der Waals surface area contributed by atoms with Gasteiger partial charge in [-0.15, -0.1) is 0 Å². The van der Waals surface area contributed by atoms with Crippen LogP contribution in [0.1, 0.15) is 36.8 Å². The Morgan fingerprint density at radius 3 is 2.40 bits per heavy atom. The first-order valence-corrected chi connectivity index (χ1v) is 11.7. The lowest BCUT2D eigenvalue weighted by Crippen LogP contribution is -2.45. The second-order valence-electron chi connectivity index (χ2n) is 9.30. The first kappa shape index (κ1) is 22.6. The molecule has 2 heterocycles. The summed E-state index contributed by atoms with van der Waals surface area (Å²) < 4.78 is 14.9. The Bertz CT molecular complexity index is 1440. The van der Waals surface area contributed by atoms with Gasteiger partial charge in [0.2, 0.25) is 5.91 Å². The molecule has 8 heteroatoms. The highest BCUT2D eigenvalue weighted by atomic mass is 19.1. The van der Waals surface area contributed by atoms with Crippen LogP contribution in [0.2, 0.25) is 0 Å². The Morgan fingerprint density at radius 1 is 1.09 bits per heavy atom. The number of benzene rings is 2. The molecule has 2 fully saturated rings. The van der Waals surface area contributed by atoms with Crippen molar-refractivity contribution >= 4 is 22.5 Å². The van der Waals surface area contributed by atoms with Gasteiger partial charge in [-0.25, -0.2) is 4.39 Å². The fraction of sp³-hybridized carbons (Fsp3) is 0.333. The average molecular weight is 470 g/mol. The molecule has 176 valence electrons. The molecule has 1 aromatic heterocycles. The predicted octanol–water partition coefficient (Wildman–Crippen LogP) is 3.77. The van der Waals surface area contributed by atoms with Crippen LogP contribution >= 0.6 is 0 Å². The number of likely N-dealkylation sites (tertiary alicyclic amines) is 1. The summed E-state index contributed by atoms with van der Waals surface area (Å²) in [7, 11) is 0. The molecule has 5 rings (SSSR count). The third-order valence-corrected chi connectivity index (χ3v) is 7.04. The summed E-state index contributed by atoms with van der Waals surface area (Å²) in [5.74, 6) is -0.430. The van der Waals surface area contributed by atoms with Crippen LogP contribution in [0.15, 0.2) is 53.3 Å². The van der Waals surface area contributed by atoms with Gasteiger partial charge in [0.1, 0.15) is 22.9 Å². The summed E-state index contributed by atoms with van der Waals surface area (Å²) >= 11 is 0. The van der Waals surface area contributed by atoms with E-state index in [9.17, 15) is 24.5 Å². The van der Waals surface area contributed by atoms with Crippen LogP contribution in [0.5, 0.6) is 0 Å². The van der Waals surface area contributed by atoms with Crippen molar-refractivity contribution in [3.05, 3.63) is 75.8 Å². The van der Waals surface area contributed by atoms with Crippen LogP contribution in [0.4, 0.5) is 10.1 Å². The van der Waals surface area contributed by atoms with Crippen molar-refractivity contribution in [1.29, 1.82) is 10.5 Å². The van der Waals surface area contributed by atoms with Gasteiger partial charge in [-0.3, -0.25) is 9.59 Å². The predicted molar refractivity (Wildman–Crippen MR) is 129 cm³/mol. The monoisotopic (exact) mass is 469 g/mol. The van der Waals surface area contributed by atoms with Gasteiger partial charge in [0.05, 0.1) is 23.8 Å². The number of carbonyl (C=O) groups excluding carboxylic acids is 1. The highest BCUT2D eigenvalue weighted by Gasteiger charge is 2.52. The molecule has 1 amide bonds. The fourth-order valence-corrected chi connectivity index (χ4v) is 4.82. The molecule has 35 heavy (non-hydrogen) atoms. The van der Waals surface area contributed by atoms with Crippen LogP contribution in [0.3, 0.4) is 0 Å². The number of nitrogens with one attached hydrogen (secondary N) is 1. The van der Waals surface area contributed by atoms with Crippen molar-refractivity contribution in [2.24, 2.45) is 5.41 Å². The van der Waals surface area contributed by atoms with Crippen molar-refractivity contribution in [2.75, 3.05) is 18.4 Å². The molecule has 1 saturated heterocycles. The fourth-order valence-electron chi connectivity index (χ4n) is 4.82. The first-order chi connectivity index (χ1) is 17.0. The van der Waals surface area contributed by atoms with Gasteiger partial charge >= 0.3 is 0 Å². The molecule has 7 nitrogen and oxygen atoms in total. The maximum Gasteiger partial charge on any atom is 0.271 e. The second-order valence-corrected chi connectivity index (χ2v) is 9.30. The van der Waals surface area contributed by atoms with Crippen molar-refractivity contribution in [3.8, 4) is 12.1 Å². The number of nitrogens with zero attached hydrogens (tertiary/aromatic N) is 4. The van der Waals surface area contributed by atoms with Crippen LogP contribution in [0.25, 0.3) is 10.9 Å². The number of nitriles is 2. The molecule has 0 spiro atoms. The number of amides is 1. The third kappa shape index (κ3) is 4.13. The zero-order valence-electron chi connectivity index (χ0n) is 19.1. The molecular formula is C27H24FN5O2. The van der Waals surface area contributed by atoms with E-state index in [0.717, 1.165) is 10.9 Å². The summed E-state index contributed by atoms with van der Waals surface area (Å²) in [6.45, 7) is 1.28. The molecular weight excluding hydrogens is 445 g/mol. The summed E-state index contributed by atoms with van der Waals surface area (Å²) in [4.78, 5) is 27.8. The lowest BCUT2D eigenvalue weighted by atomic mass is 10.00. The van der Waals surface area contributed by atoms with E-state index < -0.39 is 11.0 Å². The van der Waals surface area contributed by atoms with Crippen LogP contribution in [-0.4, -0.2) is 34.5 Å². The van der Waals surface area contributed by atoms with E-state index in [1.54, 1.807) is 21.6 Å². The molecule has 0 unspecified atom stereocenters. The molecule has 2 aromatic carbocycles. The van der Waals surface area contributed by atoms with Gasteiger partial charge in [0, 0.05) is 24.5 Å². The molecule has 1 N–H and O–H groups in total. The minimum Gasteiger partial charge on any atom is -0.380 e. The molecule has 1 saturated carbocycles. The number of anilines is 1. The largest absolute Gasteiger partial charge is 0.380 e. The van der Waals surface area contributed by atoms with Crippen LogP contribution < -0.4 is 10.9 Å². The highest BCUT2D eigenvalue weighted by molar-refractivity contribution is 5.94. The van der Waals surface area contributed by atoms with E-state index in [2.05, 4.69) is 17.5 Å². The molecule has 0 atom stereocenters. The highest BCUT2D eigenvalue weighted by Crippen LogP contribution is 2.46.